The van der Waals surface area contributed by atoms with Gasteiger partial charge in [0.25, 0.3) is 0 Å². The number of rotatable bonds is 5. The Balaban J connectivity index is 1.72. The van der Waals surface area contributed by atoms with Crippen molar-refractivity contribution in [2.24, 2.45) is 0 Å². The number of thioether (sulfide) groups is 1. The van der Waals surface area contributed by atoms with Crippen LogP contribution in [-0.2, 0) is 4.79 Å². The number of hydrogen-bond acceptors (Lipinski definition) is 5. The molecule has 8 heteroatoms. The number of halogens is 1. The molecule has 0 aliphatic carbocycles. The molecule has 128 valence electrons. The molecular formula is C17H16ClN5OS. The van der Waals surface area contributed by atoms with Crippen LogP contribution < -0.4 is 5.32 Å². The standard InChI is InChI=1S/C17H16ClN5OS/c1-11-5-3-8-15(9-11)23-17(20-21-22-23)25-12(2)16(24)19-14-7-4-6-13(18)10-14/h3-10,12H,1-2H3,(H,19,24). The molecule has 0 saturated carbocycles. The smallest absolute Gasteiger partial charge is 0.237 e. The second-order valence-electron chi connectivity index (χ2n) is 5.47. The minimum Gasteiger partial charge on any atom is -0.325 e. The Labute approximate surface area is 154 Å². The topological polar surface area (TPSA) is 72.7 Å². The molecule has 0 fully saturated rings. The molecule has 0 radical (unpaired) electrons. The highest BCUT2D eigenvalue weighted by molar-refractivity contribution is 8.00. The van der Waals surface area contributed by atoms with Gasteiger partial charge in [0.05, 0.1) is 10.9 Å². The summed E-state index contributed by atoms with van der Waals surface area (Å²) in [6, 6.07) is 14.9. The Kier molecular flexibility index (Phi) is 5.35. The highest BCUT2D eigenvalue weighted by Gasteiger charge is 2.19. The molecule has 1 N–H and O–H groups in total. The molecule has 3 rings (SSSR count). The van der Waals surface area contributed by atoms with E-state index in [9.17, 15) is 4.79 Å². The lowest BCUT2D eigenvalue weighted by molar-refractivity contribution is -0.115. The first kappa shape index (κ1) is 17.4. The lowest BCUT2D eigenvalue weighted by Gasteiger charge is -2.12. The highest BCUT2D eigenvalue weighted by Crippen LogP contribution is 2.24. The number of nitrogens with one attached hydrogen (secondary N) is 1. The lowest BCUT2D eigenvalue weighted by atomic mass is 10.2. The maximum Gasteiger partial charge on any atom is 0.237 e. The summed E-state index contributed by atoms with van der Waals surface area (Å²) in [6.45, 7) is 3.81. The third kappa shape index (κ3) is 4.37. The molecule has 1 unspecified atom stereocenters. The summed E-state index contributed by atoms with van der Waals surface area (Å²) in [5, 5.41) is 15.4. The highest BCUT2D eigenvalue weighted by atomic mass is 35.5. The number of tetrazole rings is 1. The van der Waals surface area contributed by atoms with E-state index >= 15 is 0 Å². The van der Waals surface area contributed by atoms with Gasteiger partial charge in [-0.1, -0.05) is 41.6 Å². The average molecular weight is 374 g/mol. The van der Waals surface area contributed by atoms with Gasteiger partial charge in [-0.2, -0.15) is 4.68 Å². The Morgan fingerprint density at radius 3 is 2.80 bits per heavy atom. The number of benzene rings is 2. The van der Waals surface area contributed by atoms with E-state index in [0.717, 1.165) is 11.3 Å². The molecule has 2 aromatic carbocycles. The molecule has 0 aliphatic rings. The average Bonchev–Trinajstić information content (AvgIpc) is 3.03. The number of carbonyl (C=O) groups excluding carboxylic acids is 1. The second kappa shape index (κ2) is 7.67. The molecule has 0 aliphatic heterocycles. The van der Waals surface area contributed by atoms with E-state index in [4.69, 9.17) is 11.6 Å². The van der Waals surface area contributed by atoms with Crippen molar-refractivity contribution in [1.29, 1.82) is 0 Å². The molecule has 6 nitrogen and oxygen atoms in total. The molecule has 1 amide bonds. The Morgan fingerprint density at radius 2 is 2.04 bits per heavy atom. The van der Waals surface area contributed by atoms with Crippen LogP contribution in [0.5, 0.6) is 0 Å². The third-order valence-electron chi connectivity index (χ3n) is 3.43. The number of aryl methyl sites for hydroxylation is 1. The van der Waals surface area contributed by atoms with E-state index in [1.165, 1.54) is 11.8 Å². The SMILES string of the molecule is Cc1cccc(-n2nnnc2SC(C)C(=O)Nc2cccc(Cl)c2)c1. The summed E-state index contributed by atoms with van der Waals surface area (Å²) in [4.78, 5) is 12.4. The van der Waals surface area contributed by atoms with Crippen LogP contribution in [0.25, 0.3) is 5.69 Å². The minimum atomic E-state index is -0.381. The van der Waals surface area contributed by atoms with Gasteiger partial charge in [-0.15, -0.1) is 5.10 Å². The largest absolute Gasteiger partial charge is 0.325 e. The van der Waals surface area contributed by atoms with Crippen LogP contribution in [0.15, 0.2) is 53.7 Å². The van der Waals surface area contributed by atoms with Gasteiger partial charge in [0.15, 0.2) is 0 Å². The van der Waals surface area contributed by atoms with Gasteiger partial charge in [-0.3, -0.25) is 4.79 Å². The number of aromatic nitrogens is 4. The van der Waals surface area contributed by atoms with E-state index in [1.54, 1.807) is 35.9 Å². The molecule has 1 atom stereocenters. The molecular weight excluding hydrogens is 358 g/mol. The van der Waals surface area contributed by atoms with E-state index in [0.29, 0.717) is 15.9 Å². The Bertz CT molecular complexity index is 898. The van der Waals surface area contributed by atoms with Gasteiger partial charge in [0.1, 0.15) is 0 Å². The fourth-order valence-electron chi connectivity index (χ4n) is 2.20. The maximum atomic E-state index is 12.4. The van der Waals surface area contributed by atoms with E-state index in [-0.39, 0.29) is 11.2 Å². The van der Waals surface area contributed by atoms with E-state index in [1.807, 2.05) is 31.2 Å². The van der Waals surface area contributed by atoms with Crippen molar-refractivity contribution < 1.29 is 4.79 Å². The van der Waals surface area contributed by atoms with Crippen LogP contribution in [-0.4, -0.2) is 31.4 Å². The summed E-state index contributed by atoms with van der Waals surface area (Å²) in [6.07, 6.45) is 0. The van der Waals surface area contributed by atoms with Gasteiger partial charge < -0.3 is 5.32 Å². The van der Waals surface area contributed by atoms with Crippen molar-refractivity contribution in [3.05, 3.63) is 59.1 Å². The summed E-state index contributed by atoms with van der Waals surface area (Å²) in [5.41, 5.74) is 2.62. The van der Waals surface area contributed by atoms with E-state index < -0.39 is 0 Å². The summed E-state index contributed by atoms with van der Waals surface area (Å²) >= 11 is 7.23. The summed E-state index contributed by atoms with van der Waals surface area (Å²) < 4.78 is 1.63. The van der Waals surface area contributed by atoms with Crippen molar-refractivity contribution in [3.8, 4) is 5.69 Å². The first-order valence-electron chi connectivity index (χ1n) is 7.61. The molecule has 3 aromatic rings. The third-order valence-corrected chi connectivity index (χ3v) is 4.70. The first-order valence-corrected chi connectivity index (χ1v) is 8.87. The minimum absolute atomic E-state index is 0.147. The lowest BCUT2D eigenvalue weighted by Crippen LogP contribution is -2.22. The van der Waals surface area contributed by atoms with Gasteiger partial charge in [-0.05, 0) is 60.2 Å². The van der Waals surface area contributed by atoms with Gasteiger partial charge >= 0.3 is 0 Å². The van der Waals surface area contributed by atoms with Crippen LogP contribution >= 0.6 is 23.4 Å². The van der Waals surface area contributed by atoms with Crippen molar-refractivity contribution in [2.45, 2.75) is 24.3 Å². The number of carbonyl (C=O) groups is 1. The summed E-state index contributed by atoms with van der Waals surface area (Å²) in [7, 11) is 0. The fraction of sp³-hybridized carbons (Fsp3) is 0.176. The van der Waals surface area contributed by atoms with Crippen molar-refractivity contribution in [1.82, 2.24) is 20.2 Å². The molecule has 0 spiro atoms. The van der Waals surface area contributed by atoms with Crippen LogP contribution in [0.4, 0.5) is 5.69 Å². The maximum absolute atomic E-state index is 12.4. The zero-order valence-electron chi connectivity index (χ0n) is 13.7. The normalized spacial score (nSPS) is 12.0. The molecule has 1 heterocycles. The van der Waals surface area contributed by atoms with Crippen LogP contribution in [0.1, 0.15) is 12.5 Å². The number of hydrogen-bond donors (Lipinski definition) is 1. The number of amides is 1. The quantitative estimate of drug-likeness (QED) is 0.689. The molecule has 0 bridgehead atoms. The Morgan fingerprint density at radius 1 is 1.24 bits per heavy atom. The number of nitrogens with zero attached hydrogens (tertiary/aromatic N) is 4. The molecule has 0 saturated heterocycles. The first-order chi connectivity index (χ1) is 12.0. The van der Waals surface area contributed by atoms with Crippen molar-refractivity contribution >= 4 is 35.0 Å². The monoisotopic (exact) mass is 373 g/mol. The predicted octanol–water partition coefficient (Wildman–Crippen LogP) is 3.74. The van der Waals surface area contributed by atoms with Gasteiger partial charge in [-0.25, -0.2) is 0 Å². The van der Waals surface area contributed by atoms with Crippen molar-refractivity contribution in [3.63, 3.8) is 0 Å². The zero-order valence-corrected chi connectivity index (χ0v) is 15.3. The molecule has 25 heavy (non-hydrogen) atoms. The van der Waals surface area contributed by atoms with E-state index in [2.05, 4.69) is 20.8 Å². The van der Waals surface area contributed by atoms with Crippen LogP contribution in [0.2, 0.25) is 5.02 Å². The number of anilines is 1. The zero-order chi connectivity index (χ0) is 17.8. The van der Waals surface area contributed by atoms with Gasteiger partial charge in [0, 0.05) is 10.7 Å². The fourth-order valence-corrected chi connectivity index (χ4v) is 3.19. The van der Waals surface area contributed by atoms with Crippen LogP contribution in [0.3, 0.4) is 0 Å². The predicted molar refractivity (Wildman–Crippen MR) is 99.3 cm³/mol. The second-order valence-corrected chi connectivity index (χ2v) is 7.22. The van der Waals surface area contributed by atoms with Crippen LogP contribution in [0, 0.1) is 6.92 Å². The summed E-state index contributed by atoms with van der Waals surface area (Å²) in [5.74, 6) is -0.147. The van der Waals surface area contributed by atoms with Gasteiger partial charge in [0.2, 0.25) is 11.1 Å². The van der Waals surface area contributed by atoms with Crippen molar-refractivity contribution in [2.75, 3.05) is 5.32 Å². The molecule has 1 aromatic heterocycles. The Hall–Kier alpha value is -2.38.